The number of carbonyl (C=O) groups excluding carboxylic acids is 1. The highest BCUT2D eigenvalue weighted by molar-refractivity contribution is 6.05. The molecule has 4 rings (SSSR count). The minimum Gasteiger partial charge on any atom is -0.339 e. The zero-order valence-electron chi connectivity index (χ0n) is 16.4. The highest BCUT2D eigenvalue weighted by Gasteiger charge is 2.18. The van der Waals surface area contributed by atoms with Crippen molar-refractivity contribution in [1.82, 2.24) is 19.9 Å². The first-order chi connectivity index (χ1) is 14.3. The molecule has 0 atom stereocenters. The number of carbonyl (C=O) groups is 1. The summed E-state index contributed by atoms with van der Waals surface area (Å²) >= 11 is 0. The van der Waals surface area contributed by atoms with Gasteiger partial charge in [0.25, 0.3) is 5.91 Å². The van der Waals surface area contributed by atoms with Gasteiger partial charge in [0.05, 0.1) is 22.6 Å². The fourth-order valence-electron chi connectivity index (χ4n) is 3.00. The van der Waals surface area contributed by atoms with Crippen LogP contribution >= 0.6 is 0 Å². The van der Waals surface area contributed by atoms with E-state index in [0.717, 1.165) is 22.9 Å². The molecule has 0 aliphatic rings. The molecule has 7 nitrogen and oxygen atoms in total. The number of amides is 1. The van der Waals surface area contributed by atoms with Crippen molar-refractivity contribution in [1.29, 1.82) is 0 Å². The Kier molecular flexibility index (Phi) is 4.86. The number of aromatic nitrogens is 4. The molecule has 0 fully saturated rings. The normalized spacial score (nSPS) is 11.0. The van der Waals surface area contributed by atoms with Gasteiger partial charge < -0.3 is 9.84 Å². The minimum absolute atomic E-state index is 0.112. The molecule has 152 valence electrons. The lowest BCUT2D eigenvalue weighted by Crippen LogP contribution is -2.13. The molecule has 2 aromatic heterocycles. The van der Waals surface area contributed by atoms with Crippen LogP contribution in [0.25, 0.3) is 17.1 Å². The molecule has 2 heterocycles. The second kappa shape index (κ2) is 7.51. The molecule has 4 aromatic rings. The predicted molar refractivity (Wildman–Crippen MR) is 105 cm³/mol. The van der Waals surface area contributed by atoms with Gasteiger partial charge in [0, 0.05) is 24.8 Å². The third-order valence-corrected chi connectivity index (χ3v) is 4.56. The standard InChI is InChI=1S/C21H17F2N5O2/c1-11-4-5-14(20-24-13(3)30-27-20)8-19(11)28-10-16(12(2)26-28)21(29)25-18-7-6-15(22)9-17(18)23/h4-10H,1-3H3,(H,25,29). The van der Waals surface area contributed by atoms with Crippen LogP contribution in [0.3, 0.4) is 0 Å². The maximum Gasteiger partial charge on any atom is 0.259 e. The molecular weight excluding hydrogens is 392 g/mol. The number of halogens is 2. The summed E-state index contributed by atoms with van der Waals surface area (Å²) < 4.78 is 33.5. The molecule has 0 aliphatic carbocycles. The molecule has 0 saturated heterocycles. The van der Waals surface area contributed by atoms with Gasteiger partial charge in [-0.1, -0.05) is 17.3 Å². The molecule has 2 aromatic carbocycles. The van der Waals surface area contributed by atoms with Crippen LogP contribution in [0, 0.1) is 32.4 Å². The second-order valence-corrected chi connectivity index (χ2v) is 6.79. The van der Waals surface area contributed by atoms with Crippen molar-refractivity contribution < 1.29 is 18.1 Å². The van der Waals surface area contributed by atoms with E-state index in [4.69, 9.17) is 4.52 Å². The lowest BCUT2D eigenvalue weighted by Gasteiger charge is -2.07. The van der Waals surface area contributed by atoms with Gasteiger partial charge in [0.1, 0.15) is 11.6 Å². The SMILES string of the molecule is Cc1nc(-c2ccc(C)c(-n3cc(C(=O)Nc4ccc(F)cc4F)c(C)n3)c2)no1. The van der Waals surface area contributed by atoms with E-state index in [9.17, 15) is 13.6 Å². The molecule has 0 radical (unpaired) electrons. The third-order valence-electron chi connectivity index (χ3n) is 4.56. The second-order valence-electron chi connectivity index (χ2n) is 6.79. The number of aryl methyl sites for hydroxylation is 3. The summed E-state index contributed by atoms with van der Waals surface area (Å²) in [7, 11) is 0. The lowest BCUT2D eigenvalue weighted by molar-refractivity contribution is 0.102. The van der Waals surface area contributed by atoms with Crippen molar-refractivity contribution in [3.63, 3.8) is 0 Å². The van der Waals surface area contributed by atoms with E-state index in [0.29, 0.717) is 23.5 Å². The fourth-order valence-corrected chi connectivity index (χ4v) is 3.00. The third kappa shape index (κ3) is 3.69. The Hall–Kier alpha value is -3.88. The van der Waals surface area contributed by atoms with Gasteiger partial charge in [-0.3, -0.25) is 4.79 Å². The van der Waals surface area contributed by atoms with Crippen LogP contribution in [0.15, 0.2) is 47.1 Å². The molecule has 9 heteroatoms. The van der Waals surface area contributed by atoms with Gasteiger partial charge in [0.15, 0.2) is 0 Å². The van der Waals surface area contributed by atoms with E-state index in [1.807, 2.05) is 25.1 Å². The highest BCUT2D eigenvalue weighted by atomic mass is 19.1. The number of anilines is 1. The summed E-state index contributed by atoms with van der Waals surface area (Å²) in [6.07, 6.45) is 1.56. The molecule has 0 spiro atoms. The van der Waals surface area contributed by atoms with Crippen LogP contribution in [0.4, 0.5) is 14.5 Å². The van der Waals surface area contributed by atoms with Crippen molar-refractivity contribution in [2.75, 3.05) is 5.32 Å². The first-order valence-corrected chi connectivity index (χ1v) is 9.06. The first kappa shape index (κ1) is 19.4. The topological polar surface area (TPSA) is 85.8 Å². The van der Waals surface area contributed by atoms with Gasteiger partial charge in [-0.05, 0) is 37.6 Å². The van der Waals surface area contributed by atoms with Crippen molar-refractivity contribution >= 4 is 11.6 Å². The number of hydrogen-bond donors (Lipinski definition) is 1. The van der Waals surface area contributed by atoms with Crippen LogP contribution in [-0.2, 0) is 0 Å². The molecule has 0 unspecified atom stereocenters. The maximum absolute atomic E-state index is 13.9. The van der Waals surface area contributed by atoms with Crippen molar-refractivity contribution in [3.8, 4) is 17.1 Å². The van der Waals surface area contributed by atoms with E-state index in [1.54, 1.807) is 24.7 Å². The molecule has 0 bridgehead atoms. The Morgan fingerprint density at radius 2 is 1.90 bits per heavy atom. The van der Waals surface area contributed by atoms with Crippen molar-refractivity contribution in [2.45, 2.75) is 20.8 Å². The van der Waals surface area contributed by atoms with Gasteiger partial charge in [0.2, 0.25) is 11.7 Å². The van der Waals surface area contributed by atoms with Crippen molar-refractivity contribution in [2.24, 2.45) is 0 Å². The molecule has 0 aliphatic heterocycles. The monoisotopic (exact) mass is 409 g/mol. The fraction of sp³-hybridized carbons (Fsp3) is 0.143. The lowest BCUT2D eigenvalue weighted by atomic mass is 10.1. The number of hydrogen-bond acceptors (Lipinski definition) is 5. The summed E-state index contributed by atoms with van der Waals surface area (Å²) in [4.78, 5) is 16.9. The molecular formula is C21H17F2N5O2. The van der Waals surface area contributed by atoms with Gasteiger partial charge in [-0.15, -0.1) is 0 Å². The average Bonchev–Trinajstić information content (AvgIpc) is 3.30. The molecule has 1 N–H and O–H groups in total. The minimum atomic E-state index is -0.854. The Balaban J connectivity index is 1.66. The zero-order valence-corrected chi connectivity index (χ0v) is 16.4. The van der Waals surface area contributed by atoms with E-state index in [-0.39, 0.29) is 11.3 Å². The van der Waals surface area contributed by atoms with E-state index in [1.165, 1.54) is 6.07 Å². The van der Waals surface area contributed by atoms with Crippen LogP contribution < -0.4 is 5.32 Å². The molecule has 1 amide bonds. The predicted octanol–water partition coefficient (Wildman–Crippen LogP) is 4.38. The molecule has 0 saturated carbocycles. The Bertz CT molecular complexity index is 1260. The smallest absolute Gasteiger partial charge is 0.259 e. The highest BCUT2D eigenvalue weighted by Crippen LogP contribution is 2.24. The largest absolute Gasteiger partial charge is 0.339 e. The van der Waals surface area contributed by atoms with E-state index < -0.39 is 17.5 Å². The van der Waals surface area contributed by atoms with Gasteiger partial charge in [-0.2, -0.15) is 10.1 Å². The number of benzene rings is 2. The summed E-state index contributed by atoms with van der Waals surface area (Å²) in [5.74, 6) is -1.22. The number of nitrogens with zero attached hydrogens (tertiary/aromatic N) is 4. The van der Waals surface area contributed by atoms with Crippen LogP contribution in [0.5, 0.6) is 0 Å². The van der Waals surface area contributed by atoms with Gasteiger partial charge in [-0.25, -0.2) is 13.5 Å². The molecule has 30 heavy (non-hydrogen) atoms. The summed E-state index contributed by atoms with van der Waals surface area (Å²) in [5.41, 5.74) is 2.98. The maximum atomic E-state index is 13.9. The zero-order chi connectivity index (χ0) is 21.4. The number of nitrogens with one attached hydrogen (secondary N) is 1. The van der Waals surface area contributed by atoms with Crippen LogP contribution in [-0.4, -0.2) is 25.8 Å². The van der Waals surface area contributed by atoms with Gasteiger partial charge >= 0.3 is 0 Å². The number of rotatable bonds is 4. The Labute approximate surface area is 170 Å². The van der Waals surface area contributed by atoms with Crippen molar-refractivity contribution in [3.05, 3.63) is 76.9 Å². The Morgan fingerprint density at radius 3 is 2.60 bits per heavy atom. The van der Waals surface area contributed by atoms with E-state index in [2.05, 4.69) is 20.6 Å². The summed E-state index contributed by atoms with van der Waals surface area (Å²) in [5, 5.41) is 10.8. The first-order valence-electron chi connectivity index (χ1n) is 9.06. The average molecular weight is 409 g/mol. The summed E-state index contributed by atoms with van der Waals surface area (Å²) in [6.45, 7) is 5.29. The van der Waals surface area contributed by atoms with Crippen LogP contribution in [0.2, 0.25) is 0 Å². The Morgan fingerprint density at radius 1 is 1.10 bits per heavy atom. The van der Waals surface area contributed by atoms with Crippen LogP contribution in [0.1, 0.15) is 27.5 Å². The van der Waals surface area contributed by atoms with E-state index >= 15 is 0 Å². The summed E-state index contributed by atoms with van der Waals surface area (Å²) in [6, 6.07) is 8.55. The quantitative estimate of drug-likeness (QED) is 0.541.